The Morgan fingerprint density at radius 2 is 2.19 bits per heavy atom. The van der Waals surface area contributed by atoms with Gasteiger partial charge < -0.3 is 0 Å². The van der Waals surface area contributed by atoms with E-state index in [9.17, 15) is 4.79 Å². The molecule has 1 aromatic rings. The first kappa shape index (κ1) is 11.8. The zero-order valence-corrected chi connectivity index (χ0v) is 11.8. The summed E-state index contributed by atoms with van der Waals surface area (Å²) < 4.78 is 2.77. The van der Waals surface area contributed by atoms with Crippen LogP contribution in [0, 0.1) is 18.3 Å². The Hall–Kier alpha value is -0.640. The lowest BCUT2D eigenvalue weighted by Crippen LogP contribution is -2.12. The van der Waals surface area contributed by atoms with Gasteiger partial charge in [0.2, 0.25) is 0 Å². The van der Waals surface area contributed by atoms with Crippen LogP contribution in [0.15, 0.2) is 4.47 Å². The molecule has 1 aromatic heterocycles. The van der Waals surface area contributed by atoms with Gasteiger partial charge in [0.25, 0.3) is 0 Å². The number of Topliss-reactive ketones (excluding diaryl/α,β-unsaturated/α-hetero) is 1. The van der Waals surface area contributed by atoms with Crippen molar-refractivity contribution in [2.24, 2.45) is 18.4 Å². The Bertz CT molecular complexity index is 448. The summed E-state index contributed by atoms with van der Waals surface area (Å²) >= 11 is 3.49. The maximum Gasteiger partial charge on any atom is 0.142 e. The van der Waals surface area contributed by atoms with Crippen LogP contribution in [0.25, 0.3) is 0 Å². The van der Waals surface area contributed by atoms with E-state index < -0.39 is 0 Å². The van der Waals surface area contributed by atoms with Crippen molar-refractivity contribution in [2.75, 3.05) is 0 Å². The molecule has 2 rings (SSSR count). The van der Waals surface area contributed by atoms with Gasteiger partial charge in [-0.3, -0.25) is 9.48 Å². The van der Waals surface area contributed by atoms with Gasteiger partial charge in [-0.05, 0) is 34.7 Å². The molecule has 0 bridgehead atoms. The van der Waals surface area contributed by atoms with Crippen molar-refractivity contribution >= 4 is 21.7 Å². The predicted molar refractivity (Wildman–Crippen MR) is 66.2 cm³/mol. The molecule has 1 saturated carbocycles. The summed E-state index contributed by atoms with van der Waals surface area (Å²) in [5.74, 6) is 0.586. The highest BCUT2D eigenvalue weighted by Gasteiger charge is 2.50. The number of hydrogen-bond acceptors (Lipinski definition) is 2. The molecule has 0 radical (unpaired) electrons. The lowest BCUT2D eigenvalue weighted by molar-refractivity contribution is -0.120. The maximum absolute atomic E-state index is 12.0. The van der Waals surface area contributed by atoms with E-state index in [4.69, 9.17) is 0 Å². The molecule has 1 unspecified atom stereocenters. The first-order chi connectivity index (χ1) is 7.33. The third-order valence-electron chi connectivity index (χ3n) is 3.51. The first-order valence-corrected chi connectivity index (χ1v) is 6.33. The Morgan fingerprint density at radius 3 is 2.56 bits per heavy atom. The Morgan fingerprint density at radius 1 is 1.62 bits per heavy atom. The van der Waals surface area contributed by atoms with Crippen LogP contribution in [0.1, 0.15) is 31.7 Å². The van der Waals surface area contributed by atoms with E-state index in [-0.39, 0.29) is 11.3 Å². The van der Waals surface area contributed by atoms with Crippen LogP contribution >= 0.6 is 15.9 Å². The van der Waals surface area contributed by atoms with E-state index in [1.54, 1.807) is 4.68 Å². The summed E-state index contributed by atoms with van der Waals surface area (Å²) in [6.45, 7) is 6.25. The third kappa shape index (κ3) is 1.95. The summed E-state index contributed by atoms with van der Waals surface area (Å²) in [5, 5.41) is 4.30. The average molecular weight is 285 g/mol. The maximum atomic E-state index is 12.0. The van der Waals surface area contributed by atoms with Crippen molar-refractivity contribution in [3.05, 3.63) is 15.9 Å². The number of aromatic nitrogens is 2. The minimum absolute atomic E-state index is 0.219. The van der Waals surface area contributed by atoms with E-state index in [0.29, 0.717) is 12.2 Å². The number of ketones is 1. The molecule has 1 heterocycles. The molecule has 88 valence electrons. The lowest BCUT2D eigenvalue weighted by atomic mass is 10.0. The number of aryl methyl sites for hydroxylation is 2. The highest BCUT2D eigenvalue weighted by Crippen LogP contribution is 2.52. The smallest absolute Gasteiger partial charge is 0.142 e. The Kier molecular flexibility index (Phi) is 2.73. The van der Waals surface area contributed by atoms with Crippen LogP contribution in [-0.4, -0.2) is 15.6 Å². The molecule has 3 nitrogen and oxygen atoms in total. The molecule has 0 aromatic carbocycles. The van der Waals surface area contributed by atoms with Crippen LogP contribution in [0.4, 0.5) is 0 Å². The van der Waals surface area contributed by atoms with Crippen LogP contribution in [0.3, 0.4) is 0 Å². The van der Waals surface area contributed by atoms with E-state index in [2.05, 4.69) is 34.9 Å². The number of carbonyl (C=O) groups is 1. The second-order valence-electron chi connectivity index (χ2n) is 5.36. The fraction of sp³-hybridized carbons (Fsp3) is 0.667. The van der Waals surface area contributed by atoms with Gasteiger partial charge in [0.15, 0.2) is 0 Å². The first-order valence-electron chi connectivity index (χ1n) is 5.53. The van der Waals surface area contributed by atoms with Gasteiger partial charge in [-0.25, -0.2) is 0 Å². The monoisotopic (exact) mass is 284 g/mol. The molecular weight excluding hydrogens is 268 g/mol. The number of rotatable bonds is 3. The molecule has 0 aliphatic heterocycles. The van der Waals surface area contributed by atoms with E-state index >= 15 is 0 Å². The molecule has 0 saturated heterocycles. The molecule has 4 heteroatoms. The minimum atomic E-state index is 0.219. The highest BCUT2D eigenvalue weighted by molar-refractivity contribution is 9.10. The number of hydrogen-bond donors (Lipinski definition) is 0. The summed E-state index contributed by atoms with van der Waals surface area (Å²) in [4.78, 5) is 12.0. The zero-order valence-electron chi connectivity index (χ0n) is 10.2. The van der Waals surface area contributed by atoms with E-state index in [1.165, 1.54) is 0 Å². The number of nitrogens with zero attached hydrogens (tertiary/aromatic N) is 2. The predicted octanol–water partition coefficient (Wildman–Crippen LogP) is 2.65. The summed E-state index contributed by atoms with van der Waals surface area (Å²) in [6.07, 6.45) is 1.52. The van der Waals surface area contributed by atoms with Gasteiger partial charge in [0, 0.05) is 19.4 Å². The van der Waals surface area contributed by atoms with Crippen LogP contribution in [-0.2, 0) is 18.3 Å². The van der Waals surface area contributed by atoms with Gasteiger partial charge >= 0.3 is 0 Å². The normalized spacial score (nSPS) is 22.2. The van der Waals surface area contributed by atoms with Crippen molar-refractivity contribution in [1.29, 1.82) is 0 Å². The molecule has 1 atom stereocenters. The molecule has 16 heavy (non-hydrogen) atoms. The van der Waals surface area contributed by atoms with Gasteiger partial charge in [0.05, 0.1) is 15.9 Å². The molecule has 1 fully saturated rings. The van der Waals surface area contributed by atoms with Crippen molar-refractivity contribution in [3.8, 4) is 0 Å². The van der Waals surface area contributed by atoms with E-state index in [0.717, 1.165) is 22.3 Å². The van der Waals surface area contributed by atoms with E-state index in [1.807, 2.05) is 14.0 Å². The van der Waals surface area contributed by atoms with Gasteiger partial charge in [-0.15, -0.1) is 0 Å². The van der Waals surface area contributed by atoms with Crippen LogP contribution in [0.2, 0.25) is 0 Å². The van der Waals surface area contributed by atoms with Gasteiger partial charge in [-0.1, -0.05) is 13.8 Å². The molecule has 0 spiro atoms. The SMILES string of the molecule is Cc1nn(C)c(CC(=O)C2CC2(C)C)c1Br. The third-order valence-corrected chi connectivity index (χ3v) is 4.54. The quantitative estimate of drug-likeness (QED) is 0.855. The fourth-order valence-electron chi connectivity index (χ4n) is 2.18. The van der Waals surface area contributed by atoms with Crippen LogP contribution in [0.5, 0.6) is 0 Å². The molecule has 1 aliphatic carbocycles. The van der Waals surface area contributed by atoms with Gasteiger partial charge in [-0.2, -0.15) is 5.10 Å². The standard InChI is InChI=1S/C12H17BrN2O/c1-7-11(13)9(15(4)14-7)5-10(16)8-6-12(8,2)3/h8H,5-6H2,1-4H3. The Balaban J connectivity index is 2.13. The second kappa shape index (κ2) is 3.69. The average Bonchev–Trinajstić information content (AvgIpc) is 2.75. The van der Waals surface area contributed by atoms with Crippen molar-refractivity contribution in [3.63, 3.8) is 0 Å². The van der Waals surface area contributed by atoms with Crippen molar-refractivity contribution in [2.45, 2.75) is 33.6 Å². The largest absolute Gasteiger partial charge is 0.299 e. The molecular formula is C12H17BrN2O. The van der Waals surface area contributed by atoms with Crippen LogP contribution < -0.4 is 0 Å². The summed E-state index contributed by atoms with van der Waals surface area (Å²) in [5.41, 5.74) is 2.16. The van der Waals surface area contributed by atoms with Crippen molar-refractivity contribution < 1.29 is 4.79 Å². The molecule has 0 amide bonds. The lowest BCUT2D eigenvalue weighted by Gasteiger charge is -2.04. The fourth-order valence-corrected chi connectivity index (χ4v) is 2.65. The number of halogens is 1. The van der Waals surface area contributed by atoms with Gasteiger partial charge in [0.1, 0.15) is 5.78 Å². The Labute approximate surface area is 104 Å². The molecule has 1 aliphatic rings. The number of carbonyl (C=O) groups excluding carboxylic acids is 1. The zero-order chi connectivity index (χ0) is 12.1. The summed E-state index contributed by atoms with van der Waals surface area (Å²) in [6, 6.07) is 0. The topological polar surface area (TPSA) is 34.9 Å². The minimum Gasteiger partial charge on any atom is -0.299 e. The molecule has 0 N–H and O–H groups in total. The second-order valence-corrected chi connectivity index (χ2v) is 6.15. The van der Waals surface area contributed by atoms with Crippen molar-refractivity contribution in [1.82, 2.24) is 9.78 Å². The summed E-state index contributed by atoms with van der Waals surface area (Å²) in [7, 11) is 1.89. The highest BCUT2D eigenvalue weighted by atomic mass is 79.9.